The van der Waals surface area contributed by atoms with E-state index in [1.807, 2.05) is 47.7 Å². The van der Waals surface area contributed by atoms with E-state index in [1.54, 1.807) is 33.7 Å². The molecule has 1 aliphatic rings. The highest BCUT2D eigenvalue weighted by Gasteiger charge is 2.25. The molecule has 0 radical (unpaired) electrons. The van der Waals surface area contributed by atoms with Gasteiger partial charge < -0.3 is 0 Å². The Kier molecular flexibility index (Phi) is 5.68. The summed E-state index contributed by atoms with van der Waals surface area (Å²) < 4.78 is 3.75. The van der Waals surface area contributed by atoms with Crippen LogP contribution < -0.4 is 5.56 Å². The number of halogens is 2. The molecule has 0 amide bonds. The molecule has 5 aromatic rings. The molecule has 0 N–H and O–H groups in total. The van der Waals surface area contributed by atoms with E-state index in [0.717, 1.165) is 57.9 Å². The highest BCUT2D eigenvalue weighted by atomic mass is 35.5. The first kappa shape index (κ1) is 22.2. The van der Waals surface area contributed by atoms with E-state index in [9.17, 15) is 4.79 Å². The average Bonchev–Trinajstić information content (AvgIpc) is 3.41. The molecule has 0 saturated heterocycles. The molecule has 1 aliphatic carbocycles. The molecule has 0 spiro atoms. The summed E-state index contributed by atoms with van der Waals surface area (Å²) >= 11 is 15.7. The summed E-state index contributed by atoms with van der Waals surface area (Å²) in [6.45, 7) is 2.04. The lowest BCUT2D eigenvalue weighted by molar-refractivity contribution is 0.699. The van der Waals surface area contributed by atoms with E-state index < -0.39 is 0 Å². The third-order valence-corrected chi connectivity index (χ3v) is 9.09. The molecule has 3 heterocycles. The maximum Gasteiger partial charge on any atom is 0.268 e. The molecular weight excluding hydrogens is 507 g/mol. The molecule has 0 saturated carbocycles. The van der Waals surface area contributed by atoms with E-state index in [1.165, 1.54) is 10.4 Å². The SMILES string of the molecule is Cc1ccc(-n2c(=O)c3c4c(sc3n3c(SCc5ccc(Cl)cc5Cl)nnc23)CCCC4)cc1. The summed E-state index contributed by atoms with van der Waals surface area (Å²) in [5.41, 5.74) is 4.09. The van der Waals surface area contributed by atoms with Gasteiger partial charge in [0.15, 0.2) is 5.16 Å². The van der Waals surface area contributed by atoms with Gasteiger partial charge in [-0.1, -0.05) is 58.7 Å². The van der Waals surface area contributed by atoms with Gasteiger partial charge in [-0.05, 0) is 68.0 Å². The van der Waals surface area contributed by atoms with Gasteiger partial charge in [0.2, 0.25) is 5.78 Å². The van der Waals surface area contributed by atoms with Crippen molar-refractivity contribution in [2.45, 2.75) is 43.5 Å². The van der Waals surface area contributed by atoms with Crippen molar-refractivity contribution >= 4 is 62.3 Å². The lowest BCUT2D eigenvalue weighted by Gasteiger charge is -2.12. The Labute approximate surface area is 214 Å². The molecule has 0 fully saturated rings. The minimum Gasteiger partial charge on any atom is -0.268 e. The zero-order valence-corrected chi connectivity index (χ0v) is 21.5. The Balaban J connectivity index is 1.57. The normalized spacial score (nSPS) is 13.6. The number of hydrogen-bond acceptors (Lipinski definition) is 5. The molecule has 5 nitrogen and oxygen atoms in total. The van der Waals surface area contributed by atoms with Crippen LogP contribution in [-0.4, -0.2) is 19.2 Å². The average molecular weight is 528 g/mol. The molecule has 0 unspecified atom stereocenters. The second-order valence-electron chi connectivity index (χ2n) is 8.51. The number of hydrogen-bond donors (Lipinski definition) is 0. The maximum atomic E-state index is 13.9. The predicted octanol–water partition coefficient (Wildman–Crippen LogP) is 6.88. The van der Waals surface area contributed by atoms with Crippen LogP contribution >= 0.6 is 46.3 Å². The topological polar surface area (TPSA) is 52.2 Å². The van der Waals surface area contributed by atoms with Crippen LogP contribution in [0.1, 0.15) is 34.4 Å². The fourth-order valence-corrected chi connectivity index (χ4v) is 7.45. The molecule has 6 rings (SSSR count). The van der Waals surface area contributed by atoms with E-state index in [-0.39, 0.29) is 5.56 Å². The van der Waals surface area contributed by atoms with Gasteiger partial charge in [0, 0.05) is 20.7 Å². The zero-order valence-electron chi connectivity index (χ0n) is 18.3. The van der Waals surface area contributed by atoms with Crippen molar-refractivity contribution < 1.29 is 0 Å². The van der Waals surface area contributed by atoms with Gasteiger partial charge in [-0.2, -0.15) is 0 Å². The first-order chi connectivity index (χ1) is 16.5. The van der Waals surface area contributed by atoms with Crippen LogP contribution in [0.25, 0.3) is 21.7 Å². The smallest absolute Gasteiger partial charge is 0.268 e. The number of thioether (sulfide) groups is 1. The first-order valence-electron chi connectivity index (χ1n) is 11.1. The molecule has 0 aliphatic heterocycles. The highest BCUT2D eigenvalue weighted by molar-refractivity contribution is 7.98. The summed E-state index contributed by atoms with van der Waals surface area (Å²) in [6.07, 6.45) is 4.23. The van der Waals surface area contributed by atoms with Crippen molar-refractivity contribution in [2.75, 3.05) is 0 Å². The first-order valence-corrected chi connectivity index (χ1v) is 13.7. The van der Waals surface area contributed by atoms with Gasteiger partial charge in [-0.15, -0.1) is 21.5 Å². The Morgan fingerprint density at radius 3 is 2.65 bits per heavy atom. The number of rotatable bonds is 4. The van der Waals surface area contributed by atoms with Gasteiger partial charge in [0.1, 0.15) is 4.83 Å². The monoisotopic (exact) mass is 526 g/mol. The lowest BCUT2D eigenvalue weighted by atomic mass is 9.97. The third-order valence-electron chi connectivity index (χ3n) is 6.25. The second kappa shape index (κ2) is 8.72. The Morgan fingerprint density at radius 1 is 1.06 bits per heavy atom. The molecule has 2 aromatic carbocycles. The Morgan fingerprint density at radius 2 is 1.85 bits per heavy atom. The summed E-state index contributed by atoms with van der Waals surface area (Å²) in [5, 5.41) is 11.8. The Bertz CT molecular complexity index is 1620. The fraction of sp³-hybridized carbons (Fsp3) is 0.240. The molecular formula is C25H20Cl2N4OS2. The van der Waals surface area contributed by atoms with Crippen LogP contribution in [0.4, 0.5) is 0 Å². The minimum absolute atomic E-state index is 0.0181. The molecule has 9 heteroatoms. The standard InChI is InChI=1S/C25H20Cl2N4OS2/c1-14-6-10-17(11-7-14)30-22(32)21-18-4-2-3-5-20(18)34-23(21)31-24(30)28-29-25(31)33-13-15-8-9-16(26)12-19(15)27/h6-12H,2-5,13H2,1H3. The Hall–Kier alpha value is -2.32. The molecule has 3 aromatic heterocycles. The van der Waals surface area contributed by atoms with Crippen LogP contribution in [0.2, 0.25) is 10.0 Å². The second-order valence-corrected chi connectivity index (χ2v) is 11.4. The van der Waals surface area contributed by atoms with E-state index in [0.29, 0.717) is 21.6 Å². The number of aromatic nitrogens is 4. The fourth-order valence-electron chi connectivity index (χ4n) is 4.52. The third kappa shape index (κ3) is 3.66. The number of aryl methyl sites for hydroxylation is 3. The predicted molar refractivity (Wildman–Crippen MR) is 141 cm³/mol. The van der Waals surface area contributed by atoms with Crippen LogP contribution in [0.3, 0.4) is 0 Å². The van der Waals surface area contributed by atoms with Crippen molar-refractivity contribution in [1.82, 2.24) is 19.2 Å². The largest absolute Gasteiger partial charge is 0.268 e. The van der Waals surface area contributed by atoms with Crippen molar-refractivity contribution in [3.63, 3.8) is 0 Å². The molecule has 172 valence electrons. The molecule has 34 heavy (non-hydrogen) atoms. The summed E-state index contributed by atoms with van der Waals surface area (Å²) in [4.78, 5) is 16.1. The molecule has 0 atom stereocenters. The van der Waals surface area contributed by atoms with Gasteiger partial charge >= 0.3 is 0 Å². The summed E-state index contributed by atoms with van der Waals surface area (Å²) in [6, 6.07) is 13.5. The van der Waals surface area contributed by atoms with Gasteiger partial charge in [-0.3, -0.25) is 4.79 Å². The number of benzene rings is 2. The van der Waals surface area contributed by atoms with Crippen molar-refractivity contribution in [3.05, 3.63) is 84.4 Å². The van der Waals surface area contributed by atoms with Crippen LogP contribution in [0, 0.1) is 6.92 Å². The minimum atomic E-state index is -0.0181. The van der Waals surface area contributed by atoms with Crippen LogP contribution in [0.5, 0.6) is 0 Å². The van der Waals surface area contributed by atoms with E-state index in [2.05, 4.69) is 10.2 Å². The number of thiophene rings is 1. The number of fused-ring (bicyclic) bond motifs is 5. The van der Waals surface area contributed by atoms with Crippen molar-refractivity contribution in [2.24, 2.45) is 0 Å². The van der Waals surface area contributed by atoms with Gasteiger partial charge in [0.25, 0.3) is 5.56 Å². The quantitative estimate of drug-likeness (QED) is 0.239. The van der Waals surface area contributed by atoms with E-state index in [4.69, 9.17) is 23.2 Å². The van der Waals surface area contributed by atoms with Crippen LogP contribution in [0.15, 0.2) is 52.4 Å². The van der Waals surface area contributed by atoms with E-state index >= 15 is 0 Å². The lowest BCUT2D eigenvalue weighted by Crippen LogP contribution is -2.22. The highest BCUT2D eigenvalue weighted by Crippen LogP contribution is 2.37. The van der Waals surface area contributed by atoms with Crippen molar-refractivity contribution in [1.29, 1.82) is 0 Å². The number of nitrogens with zero attached hydrogens (tertiary/aromatic N) is 4. The summed E-state index contributed by atoms with van der Waals surface area (Å²) in [7, 11) is 0. The van der Waals surface area contributed by atoms with Crippen molar-refractivity contribution in [3.8, 4) is 5.69 Å². The van der Waals surface area contributed by atoms with Crippen LogP contribution in [-0.2, 0) is 18.6 Å². The van der Waals surface area contributed by atoms with Gasteiger partial charge in [0.05, 0.1) is 11.1 Å². The summed E-state index contributed by atoms with van der Waals surface area (Å²) in [5.74, 6) is 1.15. The molecule has 0 bridgehead atoms. The zero-order chi connectivity index (χ0) is 23.4. The van der Waals surface area contributed by atoms with Gasteiger partial charge in [-0.25, -0.2) is 8.97 Å². The maximum absolute atomic E-state index is 13.9.